The van der Waals surface area contributed by atoms with E-state index in [0.717, 1.165) is 0 Å². The first kappa shape index (κ1) is 8.48. The van der Waals surface area contributed by atoms with Gasteiger partial charge in [-0.2, -0.15) is 0 Å². The van der Waals surface area contributed by atoms with Gasteiger partial charge in [-0.05, 0) is 6.07 Å². The van der Waals surface area contributed by atoms with Gasteiger partial charge in [-0.1, -0.05) is 17.7 Å². The van der Waals surface area contributed by atoms with Crippen molar-refractivity contribution in [1.29, 1.82) is 0 Å². The molecule has 0 aliphatic carbocycles. The van der Waals surface area contributed by atoms with Crippen molar-refractivity contribution in [3.05, 3.63) is 23.5 Å². The van der Waals surface area contributed by atoms with E-state index in [1.807, 2.05) is 0 Å². The summed E-state index contributed by atoms with van der Waals surface area (Å²) < 4.78 is 0. The molecule has 0 aliphatic rings. The summed E-state index contributed by atoms with van der Waals surface area (Å²) in [6.07, 6.45) is 1.47. The smallest absolute Gasteiger partial charge is 0.422 e. The number of halogens is 1. The van der Waals surface area contributed by atoms with Crippen LogP contribution in [0.2, 0.25) is 5.15 Å². The highest BCUT2D eigenvalue weighted by atomic mass is 35.5. The Morgan fingerprint density at radius 3 is 2.91 bits per heavy atom. The van der Waals surface area contributed by atoms with Crippen LogP contribution in [0.3, 0.4) is 0 Å². The highest BCUT2D eigenvalue weighted by Gasteiger charge is 2.19. The van der Waals surface area contributed by atoms with Crippen LogP contribution in [-0.4, -0.2) is 22.4 Å². The van der Waals surface area contributed by atoms with Gasteiger partial charge >= 0.3 is 7.12 Å². The minimum atomic E-state index is -1.43. The van der Waals surface area contributed by atoms with E-state index < -0.39 is 7.12 Å². The van der Waals surface area contributed by atoms with Crippen molar-refractivity contribution < 1.29 is 15.1 Å². The fourth-order valence-corrected chi connectivity index (χ4v) is 0.852. The van der Waals surface area contributed by atoms with E-state index in [1.54, 1.807) is 6.07 Å². The third-order valence-electron chi connectivity index (χ3n) is 1.15. The molecule has 0 aliphatic heterocycles. The molecule has 0 amide bonds. The Morgan fingerprint density at radius 1 is 1.64 bits per heavy atom. The maximum atomic E-state index is 8.91. The minimum absolute atomic E-state index is 0.106. The summed E-state index contributed by atoms with van der Waals surface area (Å²) in [4.78, 5) is 7.31. The third-order valence-corrected chi connectivity index (χ3v) is 1.47. The van der Waals surface area contributed by atoms with E-state index in [0.29, 0.717) is 0 Å². The molecular weight excluding hydrogens is 168 g/mol. The van der Waals surface area contributed by atoms with Crippen LogP contribution >= 0.6 is 11.6 Å². The van der Waals surface area contributed by atoms with Crippen LogP contribution in [0.4, 0.5) is 0 Å². The van der Waals surface area contributed by atoms with Crippen molar-refractivity contribution in [2.45, 2.75) is 0 Å². The summed E-state index contributed by atoms with van der Waals surface area (Å²) in [6, 6.07) is 3.07. The zero-order valence-electron chi connectivity index (χ0n) is 5.44. The lowest BCUT2D eigenvalue weighted by Crippen LogP contribution is -2.33. The van der Waals surface area contributed by atoms with Gasteiger partial charge in [0.25, 0.3) is 0 Å². The van der Waals surface area contributed by atoms with Crippen molar-refractivity contribution >= 4 is 24.2 Å². The van der Waals surface area contributed by atoms with Gasteiger partial charge in [0.1, 0.15) is 5.15 Å². The molecule has 0 unspecified atom stereocenters. The summed E-state index contributed by atoms with van der Waals surface area (Å²) in [6.45, 7) is 0. The van der Waals surface area contributed by atoms with E-state index in [4.69, 9.17) is 21.9 Å². The summed E-state index contributed by atoms with van der Waals surface area (Å²) in [5.74, 6) is 0. The SMILES string of the molecule is OOB(O)c1cccnc1Cl. The zero-order valence-corrected chi connectivity index (χ0v) is 6.19. The fraction of sp³-hybridized carbons (Fsp3) is 0. The summed E-state index contributed by atoms with van der Waals surface area (Å²) in [5.41, 5.74) is 0.233. The van der Waals surface area contributed by atoms with Crippen LogP contribution in [0.25, 0.3) is 0 Å². The number of aromatic nitrogens is 1. The Hall–Kier alpha value is -0.615. The van der Waals surface area contributed by atoms with E-state index in [2.05, 4.69) is 9.79 Å². The molecule has 0 saturated heterocycles. The summed E-state index contributed by atoms with van der Waals surface area (Å²) in [5, 5.41) is 17.1. The Balaban J connectivity index is 2.93. The lowest BCUT2D eigenvalue weighted by molar-refractivity contribution is -0.154. The van der Waals surface area contributed by atoms with E-state index in [-0.39, 0.29) is 10.6 Å². The van der Waals surface area contributed by atoms with Crippen LogP contribution in [0, 0.1) is 0 Å². The molecule has 6 heteroatoms. The Morgan fingerprint density at radius 2 is 2.36 bits per heavy atom. The summed E-state index contributed by atoms with van der Waals surface area (Å²) in [7, 11) is -1.43. The second kappa shape index (κ2) is 3.68. The van der Waals surface area contributed by atoms with Crippen molar-refractivity contribution in [3.63, 3.8) is 0 Å². The maximum absolute atomic E-state index is 8.91. The molecule has 58 valence electrons. The fourth-order valence-electron chi connectivity index (χ4n) is 0.639. The molecule has 0 aromatic carbocycles. The van der Waals surface area contributed by atoms with Gasteiger partial charge in [-0.25, -0.2) is 4.98 Å². The van der Waals surface area contributed by atoms with Crippen LogP contribution in [0.5, 0.6) is 0 Å². The molecule has 0 atom stereocenters. The third kappa shape index (κ3) is 1.91. The van der Waals surface area contributed by atoms with Crippen molar-refractivity contribution in [1.82, 2.24) is 4.98 Å². The predicted molar refractivity (Wildman–Crippen MR) is 40.6 cm³/mol. The van der Waals surface area contributed by atoms with Gasteiger partial charge in [-0.3, -0.25) is 10.1 Å². The Labute approximate surface area is 68.5 Å². The number of hydrogen-bond acceptors (Lipinski definition) is 4. The standard InChI is InChI=1S/C5H5BClNO3/c7-5-4(6(9)11-10)2-1-3-8-5/h1-3,9-10H. The van der Waals surface area contributed by atoms with Gasteiger partial charge in [-0.15, -0.1) is 0 Å². The van der Waals surface area contributed by atoms with Gasteiger partial charge in [0.05, 0.1) is 0 Å². The van der Waals surface area contributed by atoms with Gasteiger partial charge in [0.15, 0.2) is 0 Å². The Kier molecular flexibility index (Phi) is 2.84. The normalized spacial score (nSPS) is 9.73. The van der Waals surface area contributed by atoms with Crippen molar-refractivity contribution in [2.24, 2.45) is 0 Å². The van der Waals surface area contributed by atoms with E-state index >= 15 is 0 Å². The first-order valence-electron chi connectivity index (χ1n) is 2.84. The lowest BCUT2D eigenvalue weighted by Gasteiger charge is -2.01. The molecule has 1 aromatic rings. The van der Waals surface area contributed by atoms with Crippen molar-refractivity contribution in [2.75, 3.05) is 0 Å². The number of pyridine rings is 1. The van der Waals surface area contributed by atoms with Crippen LogP contribution in [0.15, 0.2) is 18.3 Å². The van der Waals surface area contributed by atoms with Crippen LogP contribution in [0.1, 0.15) is 0 Å². The maximum Gasteiger partial charge on any atom is 0.525 e. The number of hydrogen-bond donors (Lipinski definition) is 2. The van der Waals surface area contributed by atoms with E-state index in [9.17, 15) is 0 Å². The molecule has 0 fully saturated rings. The second-order valence-corrected chi connectivity index (χ2v) is 2.20. The predicted octanol–water partition coefficient (Wildman–Crippen LogP) is -0.0879. The molecule has 0 radical (unpaired) electrons. The highest BCUT2D eigenvalue weighted by molar-refractivity contribution is 6.63. The molecule has 1 rings (SSSR count). The highest BCUT2D eigenvalue weighted by Crippen LogP contribution is 1.99. The largest absolute Gasteiger partial charge is 0.525 e. The zero-order chi connectivity index (χ0) is 8.27. The molecule has 2 N–H and O–H groups in total. The average Bonchev–Trinajstić information content (AvgIpc) is 2.04. The summed E-state index contributed by atoms with van der Waals surface area (Å²) >= 11 is 5.54. The van der Waals surface area contributed by atoms with Crippen molar-refractivity contribution in [3.8, 4) is 0 Å². The van der Waals surface area contributed by atoms with E-state index in [1.165, 1.54) is 12.3 Å². The van der Waals surface area contributed by atoms with Gasteiger partial charge in [0.2, 0.25) is 0 Å². The minimum Gasteiger partial charge on any atom is -0.422 e. The first-order chi connectivity index (χ1) is 5.25. The average molecular weight is 173 g/mol. The lowest BCUT2D eigenvalue weighted by atomic mass is 9.81. The Bertz CT molecular complexity index is 247. The topological polar surface area (TPSA) is 62.6 Å². The molecule has 0 spiro atoms. The molecule has 1 aromatic heterocycles. The monoisotopic (exact) mass is 173 g/mol. The number of rotatable bonds is 2. The molecule has 11 heavy (non-hydrogen) atoms. The van der Waals surface area contributed by atoms with Gasteiger partial charge in [0, 0.05) is 11.7 Å². The number of nitrogens with zero attached hydrogens (tertiary/aromatic N) is 1. The quantitative estimate of drug-likeness (QED) is 0.284. The van der Waals surface area contributed by atoms with Crippen LogP contribution < -0.4 is 5.46 Å². The van der Waals surface area contributed by atoms with Crippen LogP contribution in [-0.2, 0) is 4.81 Å². The molecular formula is C5H5BClNO3. The van der Waals surface area contributed by atoms with Gasteiger partial charge < -0.3 is 5.02 Å². The second-order valence-electron chi connectivity index (χ2n) is 1.84. The molecule has 1 heterocycles. The first-order valence-corrected chi connectivity index (χ1v) is 3.22. The molecule has 0 saturated carbocycles. The molecule has 0 bridgehead atoms. The molecule has 4 nitrogen and oxygen atoms in total.